The summed E-state index contributed by atoms with van der Waals surface area (Å²) in [6.45, 7) is 17.4. The smallest absolute Gasteiger partial charge is 0.736 e. The maximum Gasteiger partial charge on any atom is 1.00 e. The predicted octanol–water partition coefficient (Wildman–Crippen LogP) is 8.82. The van der Waals surface area contributed by atoms with Crippen molar-refractivity contribution in [3.8, 4) is 11.5 Å². The maximum atomic E-state index is 14.4. The molecule has 1 heterocycles. The third-order valence-corrected chi connectivity index (χ3v) is 12.7. The molecule has 0 aromatic heterocycles. The van der Waals surface area contributed by atoms with E-state index in [2.05, 4.69) is 152 Å². The number of fused-ring (bicyclic) bond motifs is 2. The summed E-state index contributed by atoms with van der Waals surface area (Å²) >= 11 is 0. The molecular formula is C49H50NaO4P. The molecule has 0 spiro atoms. The quantitative estimate of drug-likeness (QED) is 0.115. The fourth-order valence-corrected chi connectivity index (χ4v) is 8.93. The maximum absolute atomic E-state index is 14.4. The molecular weight excluding hydrogens is 706 g/mol. The van der Waals surface area contributed by atoms with Gasteiger partial charge in [-0.1, -0.05) is 201 Å². The van der Waals surface area contributed by atoms with Crippen LogP contribution in [0.25, 0.3) is 0 Å². The molecule has 6 aromatic rings. The van der Waals surface area contributed by atoms with Gasteiger partial charge in [-0.05, 0) is 44.5 Å². The zero-order valence-corrected chi connectivity index (χ0v) is 36.5. The molecule has 7 rings (SSSR count). The second-order valence-electron chi connectivity index (χ2n) is 16.8. The molecule has 0 N–H and O–H groups in total. The second-order valence-corrected chi connectivity index (χ2v) is 18.1. The van der Waals surface area contributed by atoms with Crippen LogP contribution in [0, 0.1) is 0 Å². The Morgan fingerprint density at radius 2 is 0.709 bits per heavy atom. The van der Waals surface area contributed by atoms with Crippen LogP contribution in [0.1, 0.15) is 111 Å². The summed E-state index contributed by atoms with van der Waals surface area (Å²) in [5.41, 5.74) is 7.71. The van der Waals surface area contributed by atoms with E-state index in [9.17, 15) is 9.46 Å². The van der Waals surface area contributed by atoms with Crippen LogP contribution in [0.4, 0.5) is 0 Å². The Bertz CT molecular complexity index is 2170. The van der Waals surface area contributed by atoms with Gasteiger partial charge in [0, 0.05) is 39.2 Å². The van der Waals surface area contributed by atoms with E-state index in [0.29, 0.717) is 17.9 Å². The van der Waals surface area contributed by atoms with E-state index in [1.807, 2.05) is 48.5 Å². The molecule has 1 aliphatic rings. The first-order valence-corrected chi connectivity index (χ1v) is 20.3. The van der Waals surface area contributed by atoms with Gasteiger partial charge in [0.1, 0.15) is 11.5 Å². The van der Waals surface area contributed by atoms with Crippen molar-refractivity contribution in [3.05, 3.63) is 201 Å². The van der Waals surface area contributed by atoms with E-state index in [1.165, 1.54) is 0 Å². The van der Waals surface area contributed by atoms with E-state index in [0.717, 1.165) is 55.6 Å². The van der Waals surface area contributed by atoms with Gasteiger partial charge in [0.05, 0.1) is 0 Å². The molecule has 0 unspecified atom stereocenters. The number of hydrogen-bond donors (Lipinski definition) is 0. The van der Waals surface area contributed by atoms with Crippen molar-refractivity contribution in [2.75, 3.05) is 0 Å². The van der Waals surface area contributed by atoms with Gasteiger partial charge in [-0.2, -0.15) is 0 Å². The van der Waals surface area contributed by atoms with Crippen molar-refractivity contribution < 1.29 is 48.1 Å². The van der Waals surface area contributed by atoms with Crippen LogP contribution in [-0.2, 0) is 32.6 Å². The summed E-state index contributed by atoms with van der Waals surface area (Å²) in [5.74, 6) is 0.661. The standard InChI is InChI=1S/C49H51O4P.Na/c1-46(2,36-21-13-9-14-22-36)40-30-34-29-35-31-41(47(3,4)37-23-15-10-16-24-37)33-43(49(7,8)39-27-19-12-20-28-39)45(35)53-54(50,51)52-44(34)42(32-40)48(5,6)38-25-17-11-18-26-38;/h9-28,30-33H,29H2,1-8H3,(H,50,51);/q;+1/p-1. The molecule has 6 aromatic carbocycles. The number of rotatable bonds is 8. The van der Waals surface area contributed by atoms with E-state index in [-0.39, 0.29) is 29.6 Å². The number of phosphoric ester groups is 1. The van der Waals surface area contributed by atoms with Gasteiger partial charge in [-0.25, -0.2) is 4.57 Å². The van der Waals surface area contributed by atoms with Crippen molar-refractivity contribution >= 4 is 7.82 Å². The SMILES string of the molecule is CC(C)(c1ccccc1)c1cc2c(c(C(C)(C)c3ccccc3)c1)OP(=O)([O-])Oc1c(cc(C(C)(C)c3ccccc3)cc1C(C)(C)c1ccccc1)C2.[Na+]. The average Bonchev–Trinajstić information content (AvgIpc) is 3.16. The second kappa shape index (κ2) is 15.2. The van der Waals surface area contributed by atoms with E-state index in [4.69, 9.17) is 9.05 Å². The first kappa shape index (κ1) is 40.8. The molecule has 0 bridgehead atoms. The molecule has 55 heavy (non-hydrogen) atoms. The fraction of sp³-hybridized carbons (Fsp3) is 0.265. The number of benzene rings is 6. The number of phosphoric acid groups is 1. The normalized spacial score (nSPS) is 14.2. The summed E-state index contributed by atoms with van der Waals surface area (Å²) in [7, 11) is -4.98. The Balaban J connectivity index is 0.00000514. The molecule has 0 saturated carbocycles. The monoisotopic (exact) mass is 756 g/mol. The molecule has 0 aliphatic carbocycles. The molecule has 6 heteroatoms. The summed E-state index contributed by atoms with van der Waals surface area (Å²) in [4.78, 5) is 14.4. The zero-order valence-electron chi connectivity index (χ0n) is 33.6. The first-order valence-electron chi connectivity index (χ1n) is 18.8. The van der Waals surface area contributed by atoms with Crippen molar-refractivity contribution in [2.24, 2.45) is 0 Å². The molecule has 1 aliphatic heterocycles. The molecule has 0 saturated heterocycles. The van der Waals surface area contributed by atoms with Crippen LogP contribution in [0.15, 0.2) is 146 Å². The van der Waals surface area contributed by atoms with Crippen LogP contribution in [0.3, 0.4) is 0 Å². The van der Waals surface area contributed by atoms with Crippen molar-refractivity contribution in [3.63, 3.8) is 0 Å². The van der Waals surface area contributed by atoms with Gasteiger partial charge >= 0.3 is 37.4 Å². The number of hydrogen-bond acceptors (Lipinski definition) is 4. The van der Waals surface area contributed by atoms with Crippen molar-refractivity contribution in [1.29, 1.82) is 0 Å². The van der Waals surface area contributed by atoms with Crippen LogP contribution >= 0.6 is 7.82 Å². The Labute approximate surface area is 349 Å². The van der Waals surface area contributed by atoms with Gasteiger partial charge in [-0.3, -0.25) is 0 Å². The average molecular weight is 757 g/mol. The van der Waals surface area contributed by atoms with Gasteiger partial charge in [0.25, 0.3) is 0 Å². The molecule has 0 amide bonds. The zero-order chi connectivity index (χ0) is 38.5. The summed E-state index contributed by atoms with van der Waals surface area (Å²) in [5, 5.41) is 0. The topological polar surface area (TPSA) is 58.6 Å². The third kappa shape index (κ3) is 7.78. The largest absolute Gasteiger partial charge is 1.00 e. The van der Waals surface area contributed by atoms with Gasteiger partial charge in [0.15, 0.2) is 0 Å². The molecule has 276 valence electrons. The Kier molecular flexibility index (Phi) is 11.3. The van der Waals surface area contributed by atoms with E-state index >= 15 is 0 Å². The molecule has 0 atom stereocenters. The van der Waals surface area contributed by atoms with E-state index < -0.39 is 29.5 Å². The Morgan fingerprint density at radius 3 is 1.00 bits per heavy atom. The first-order chi connectivity index (χ1) is 25.5. The Morgan fingerprint density at radius 1 is 0.436 bits per heavy atom. The van der Waals surface area contributed by atoms with Gasteiger partial charge in [-0.15, -0.1) is 0 Å². The van der Waals surface area contributed by atoms with Crippen molar-refractivity contribution in [2.45, 2.75) is 83.5 Å². The van der Waals surface area contributed by atoms with Crippen LogP contribution in [0.5, 0.6) is 11.5 Å². The minimum absolute atomic E-state index is 0. The van der Waals surface area contributed by atoms with Crippen LogP contribution < -0.4 is 43.5 Å². The van der Waals surface area contributed by atoms with E-state index in [1.54, 1.807) is 0 Å². The Hall–Kier alpha value is -3.89. The van der Waals surface area contributed by atoms with Gasteiger partial charge < -0.3 is 13.9 Å². The molecule has 4 nitrogen and oxygen atoms in total. The summed E-state index contributed by atoms with van der Waals surface area (Å²) < 4.78 is 26.8. The van der Waals surface area contributed by atoms with Crippen LogP contribution in [0.2, 0.25) is 0 Å². The minimum atomic E-state index is -4.98. The van der Waals surface area contributed by atoms with Gasteiger partial charge in [0.2, 0.25) is 0 Å². The molecule has 0 radical (unpaired) electrons. The summed E-state index contributed by atoms with van der Waals surface area (Å²) in [6, 6.07) is 49.9. The minimum Gasteiger partial charge on any atom is -0.736 e. The van der Waals surface area contributed by atoms with Crippen LogP contribution in [-0.4, -0.2) is 0 Å². The fourth-order valence-electron chi connectivity index (χ4n) is 8.02. The predicted molar refractivity (Wildman–Crippen MR) is 219 cm³/mol. The molecule has 0 fully saturated rings. The summed E-state index contributed by atoms with van der Waals surface area (Å²) in [6.07, 6.45) is 0.401. The third-order valence-electron chi connectivity index (χ3n) is 11.9. The van der Waals surface area contributed by atoms with Crippen molar-refractivity contribution in [1.82, 2.24) is 0 Å².